The molecule has 15 nitrogen and oxygen atoms in total. The molecule has 0 bridgehead atoms. The fourth-order valence-corrected chi connectivity index (χ4v) is 16.7. The Morgan fingerprint density at radius 3 is 1.47 bits per heavy atom. The average molecular weight is 1220 g/mol. The van der Waals surface area contributed by atoms with Gasteiger partial charge in [-0.05, 0) is 161 Å². The van der Waals surface area contributed by atoms with E-state index in [2.05, 4.69) is 190 Å². The number of rotatable bonds is 27. The minimum Gasteiger partial charge on any atom is -0.461 e. The van der Waals surface area contributed by atoms with Crippen LogP contribution in [-0.2, 0) is 59.5 Å². The first kappa shape index (κ1) is 67.0. The Labute approximate surface area is 477 Å². The third-order valence-electron chi connectivity index (χ3n) is 12.3. The highest BCUT2D eigenvalue weighted by Crippen LogP contribution is 2.40. The number of ether oxygens (including phenoxy) is 5. The molecule has 11 atom stereocenters. The van der Waals surface area contributed by atoms with E-state index in [0.717, 1.165) is 31.2 Å². The molecule has 3 aliphatic rings. The van der Waals surface area contributed by atoms with Crippen molar-refractivity contribution in [1.29, 1.82) is 0 Å². The van der Waals surface area contributed by atoms with Gasteiger partial charge in [-0.25, -0.2) is 4.79 Å². The molecule has 0 aromatic heterocycles. The van der Waals surface area contributed by atoms with Crippen molar-refractivity contribution in [3.63, 3.8) is 0 Å². The van der Waals surface area contributed by atoms with Crippen LogP contribution in [0.1, 0.15) is 17.2 Å². The second-order valence-electron chi connectivity index (χ2n) is 27.8. The number of carbonyl (C=O) groups is 1. The lowest BCUT2D eigenvalue weighted by molar-refractivity contribution is -0.345. The molecule has 3 fully saturated rings. The SMILES string of the molecule is C[Si](C)(C)OCC1OC(O[Si](C)(C)C)C(O[Si](C)(C)C)C(O[Si](C)(C)C)C1OC1OC(COC(=O)COCCN2CCN(C(c3ccccc3)c3ccc(Cl)cc3)CC2)C(O[Si](C)(C)C)C(O[Si](C)(C)C)C1O[Si](C)(C)C. The van der Waals surface area contributed by atoms with E-state index >= 15 is 0 Å². The van der Waals surface area contributed by atoms with Gasteiger partial charge in [0, 0.05) is 37.7 Å². The van der Waals surface area contributed by atoms with Gasteiger partial charge in [-0.1, -0.05) is 54.1 Å². The molecule has 2 aromatic carbocycles. The molecule has 11 unspecified atom stereocenters. The van der Waals surface area contributed by atoms with Crippen LogP contribution < -0.4 is 0 Å². The van der Waals surface area contributed by atoms with E-state index in [4.69, 9.17) is 66.3 Å². The zero-order valence-electron chi connectivity index (χ0n) is 51.0. The Balaban J connectivity index is 1.39. The van der Waals surface area contributed by atoms with Gasteiger partial charge in [0.05, 0.1) is 19.3 Å². The minimum absolute atomic E-state index is 0.119. The van der Waals surface area contributed by atoms with Gasteiger partial charge in [0.2, 0.25) is 0 Å². The van der Waals surface area contributed by atoms with Crippen molar-refractivity contribution < 1.29 is 59.5 Å². The van der Waals surface area contributed by atoms with Crippen molar-refractivity contribution in [3.05, 3.63) is 70.7 Å². The summed E-state index contributed by atoms with van der Waals surface area (Å²) in [6, 6.07) is 18.9. The summed E-state index contributed by atoms with van der Waals surface area (Å²) >= 11 is 6.29. The van der Waals surface area contributed by atoms with Crippen LogP contribution in [0.4, 0.5) is 0 Å². The predicted octanol–water partition coefficient (Wildman–Crippen LogP) is 11.2. The van der Waals surface area contributed by atoms with Crippen LogP contribution in [0.25, 0.3) is 0 Å². The maximum absolute atomic E-state index is 13.8. The summed E-state index contributed by atoms with van der Waals surface area (Å²) in [6.45, 7) is 49.9. The first-order chi connectivity index (χ1) is 35.3. The van der Waals surface area contributed by atoms with Crippen molar-refractivity contribution in [2.45, 2.75) is 205 Å². The van der Waals surface area contributed by atoms with Gasteiger partial charge < -0.3 is 54.7 Å². The lowest BCUT2D eigenvalue weighted by Gasteiger charge is -2.54. The molecule has 3 aliphatic heterocycles. The van der Waals surface area contributed by atoms with Crippen LogP contribution in [0.3, 0.4) is 0 Å². The number of esters is 1. The van der Waals surface area contributed by atoms with Crippen LogP contribution in [0.15, 0.2) is 54.6 Å². The maximum Gasteiger partial charge on any atom is 0.332 e. The summed E-state index contributed by atoms with van der Waals surface area (Å²) in [5.74, 6) is -0.493. The van der Waals surface area contributed by atoms with Gasteiger partial charge in [-0.3, -0.25) is 9.80 Å². The molecule has 77 heavy (non-hydrogen) atoms. The standard InChI is InChI=1S/C54H101ClN2O13Si7/c1-71(2,3)61-38-44-47(49(66-73(7,8)9)52(69-76(16,17)18)54(63-44)70-77(19,20)21)64-53-51(68-75(13,14)15)50(67-74(10,11)12)48(65-72(4,5)6)43(62-53)37-60-45(58)39-59-36-35-56-31-33-57(34-32-56)46(40-25-23-22-24-26-40)41-27-29-42(55)30-28-41/h22-30,43-44,46-54H,31-39H2,1-21H3. The highest BCUT2D eigenvalue weighted by Gasteiger charge is 2.57. The van der Waals surface area contributed by atoms with E-state index < -0.39 is 126 Å². The Hall–Kier alpha value is -0.802. The second-order valence-corrected chi connectivity index (χ2v) is 59.5. The quantitative estimate of drug-likeness (QED) is 0.0477. The number of carbonyl (C=O) groups excluding carboxylic acids is 1. The minimum atomic E-state index is -2.37. The Kier molecular flexibility index (Phi) is 24.1. The van der Waals surface area contributed by atoms with Crippen molar-refractivity contribution >= 4 is 75.8 Å². The molecule has 23 heteroatoms. The molecule has 0 spiro atoms. The molecule has 0 radical (unpaired) electrons. The number of hydrogen-bond donors (Lipinski definition) is 0. The largest absolute Gasteiger partial charge is 0.461 e. The molecule has 0 N–H and O–H groups in total. The van der Waals surface area contributed by atoms with E-state index in [9.17, 15) is 4.79 Å². The van der Waals surface area contributed by atoms with E-state index in [0.29, 0.717) is 13.2 Å². The lowest BCUT2D eigenvalue weighted by Crippen LogP contribution is -2.70. The number of halogens is 1. The van der Waals surface area contributed by atoms with Crippen LogP contribution in [0.5, 0.6) is 0 Å². The molecule has 3 heterocycles. The molecular weight excluding hydrogens is 1120 g/mol. The lowest BCUT2D eigenvalue weighted by atomic mass is 9.96. The summed E-state index contributed by atoms with van der Waals surface area (Å²) in [5, 5.41) is 0.728. The first-order valence-electron chi connectivity index (χ1n) is 28.0. The summed E-state index contributed by atoms with van der Waals surface area (Å²) in [6.07, 6.45) is -7.19. The summed E-state index contributed by atoms with van der Waals surface area (Å²) in [5.41, 5.74) is 2.47. The third kappa shape index (κ3) is 23.4. The predicted molar refractivity (Wildman–Crippen MR) is 327 cm³/mol. The molecule has 0 aliphatic carbocycles. The molecule has 2 aromatic rings. The van der Waals surface area contributed by atoms with Gasteiger partial charge in [0.1, 0.15) is 62.0 Å². The van der Waals surface area contributed by atoms with E-state index in [1.807, 2.05) is 12.1 Å². The van der Waals surface area contributed by atoms with Crippen LogP contribution in [0.2, 0.25) is 143 Å². The van der Waals surface area contributed by atoms with Crippen molar-refractivity contribution in [1.82, 2.24) is 9.80 Å². The number of piperazine rings is 1. The van der Waals surface area contributed by atoms with E-state index in [1.54, 1.807) is 0 Å². The normalized spacial score (nSPS) is 27.4. The van der Waals surface area contributed by atoms with E-state index in [-0.39, 0.29) is 25.9 Å². The fraction of sp³-hybridized carbons (Fsp3) is 0.759. The van der Waals surface area contributed by atoms with Crippen molar-refractivity contribution in [2.24, 2.45) is 0 Å². The summed E-state index contributed by atoms with van der Waals surface area (Å²) in [7, 11) is -15.9. The van der Waals surface area contributed by atoms with Crippen LogP contribution in [0, 0.1) is 0 Å². The zero-order chi connectivity index (χ0) is 57.5. The molecule has 5 rings (SSSR count). The monoisotopic (exact) mass is 1220 g/mol. The second kappa shape index (κ2) is 27.7. The van der Waals surface area contributed by atoms with Gasteiger partial charge in [0.15, 0.2) is 70.8 Å². The highest BCUT2D eigenvalue weighted by molar-refractivity contribution is 6.72. The van der Waals surface area contributed by atoms with Gasteiger partial charge in [0.25, 0.3) is 0 Å². The maximum atomic E-state index is 13.8. The third-order valence-corrected chi connectivity index (χ3v) is 19.4. The Morgan fingerprint density at radius 1 is 0.519 bits per heavy atom. The Bertz CT molecular complexity index is 2100. The fourth-order valence-electron chi connectivity index (χ4n) is 9.64. The number of nitrogens with zero attached hydrogens (tertiary/aromatic N) is 2. The highest BCUT2D eigenvalue weighted by atomic mass is 35.5. The smallest absolute Gasteiger partial charge is 0.332 e. The van der Waals surface area contributed by atoms with Crippen molar-refractivity contribution in [3.8, 4) is 0 Å². The van der Waals surface area contributed by atoms with E-state index in [1.165, 1.54) is 11.1 Å². The molecule has 3 saturated heterocycles. The molecule has 0 saturated carbocycles. The Morgan fingerprint density at radius 2 is 0.961 bits per heavy atom. The van der Waals surface area contributed by atoms with Crippen LogP contribution in [-0.4, -0.2) is 195 Å². The molecule has 0 amide bonds. The molecule has 440 valence electrons. The number of hydrogen-bond acceptors (Lipinski definition) is 15. The topological polar surface area (TPSA) is 134 Å². The molecular formula is C54H101ClN2O13Si7. The van der Waals surface area contributed by atoms with Gasteiger partial charge in [-0.15, -0.1) is 0 Å². The average Bonchev–Trinajstić information content (AvgIpc) is 3.26. The zero-order valence-corrected chi connectivity index (χ0v) is 58.7. The summed E-state index contributed by atoms with van der Waals surface area (Å²) < 4.78 is 83.4. The number of benzene rings is 2. The van der Waals surface area contributed by atoms with Gasteiger partial charge in [-0.2, -0.15) is 0 Å². The van der Waals surface area contributed by atoms with Crippen LogP contribution >= 0.6 is 11.6 Å². The summed E-state index contributed by atoms with van der Waals surface area (Å²) in [4.78, 5) is 18.7. The first-order valence-corrected chi connectivity index (χ1v) is 52.2. The van der Waals surface area contributed by atoms with Gasteiger partial charge >= 0.3 is 5.97 Å². The van der Waals surface area contributed by atoms with Crippen molar-refractivity contribution in [2.75, 3.05) is 59.2 Å².